The van der Waals surface area contributed by atoms with Crippen molar-refractivity contribution in [3.05, 3.63) is 42.2 Å². The molecule has 0 unspecified atom stereocenters. The molecular weight excluding hydrogens is 282 g/mol. The van der Waals surface area contributed by atoms with Crippen molar-refractivity contribution in [1.29, 1.82) is 0 Å². The molecule has 2 heterocycles. The summed E-state index contributed by atoms with van der Waals surface area (Å²) in [6.07, 6.45) is 3.10. The lowest BCUT2D eigenvalue weighted by Crippen LogP contribution is -2.33. The monoisotopic (exact) mass is 303 g/mol. The molecule has 0 amide bonds. The molecule has 118 valence electrons. The molecule has 1 aromatic heterocycles. The lowest BCUT2D eigenvalue weighted by Gasteiger charge is -2.21. The molecule has 0 fully saturated rings. The Labute approximate surface area is 129 Å². The summed E-state index contributed by atoms with van der Waals surface area (Å²) in [7, 11) is 0. The number of rotatable bonds is 6. The number of hydrogen-bond donors (Lipinski definition) is 2. The lowest BCUT2D eigenvalue weighted by atomic mass is 10.1. The van der Waals surface area contributed by atoms with Gasteiger partial charge < -0.3 is 19.9 Å². The van der Waals surface area contributed by atoms with E-state index in [1.165, 1.54) is 0 Å². The van der Waals surface area contributed by atoms with Gasteiger partial charge in [0.2, 0.25) is 0 Å². The smallest absolute Gasteiger partial charge is 0.161 e. The van der Waals surface area contributed by atoms with Gasteiger partial charge in [-0.25, -0.2) is 0 Å². The second-order valence-electron chi connectivity index (χ2n) is 5.46. The van der Waals surface area contributed by atoms with Crippen LogP contribution in [-0.4, -0.2) is 40.7 Å². The third-order valence-corrected chi connectivity index (χ3v) is 3.63. The molecule has 2 aromatic rings. The first-order valence-corrected chi connectivity index (χ1v) is 7.51. The Bertz CT molecular complexity index is 601. The molecule has 2 atom stereocenters. The molecule has 0 aliphatic carbocycles. The Kier molecular flexibility index (Phi) is 4.60. The van der Waals surface area contributed by atoms with Crippen molar-refractivity contribution >= 4 is 0 Å². The highest BCUT2D eigenvalue weighted by molar-refractivity contribution is 5.44. The second-order valence-corrected chi connectivity index (χ2v) is 5.46. The van der Waals surface area contributed by atoms with Gasteiger partial charge in [-0.3, -0.25) is 4.68 Å². The first-order chi connectivity index (χ1) is 10.7. The van der Waals surface area contributed by atoms with Crippen LogP contribution in [-0.2, 0) is 6.54 Å². The maximum absolute atomic E-state index is 10.3. The Morgan fingerprint density at radius 2 is 2.14 bits per heavy atom. The number of fused-ring (bicyclic) bond motifs is 1. The quantitative estimate of drug-likeness (QED) is 0.843. The van der Waals surface area contributed by atoms with E-state index in [4.69, 9.17) is 9.47 Å². The van der Waals surface area contributed by atoms with Crippen molar-refractivity contribution in [3.8, 4) is 11.5 Å². The molecule has 1 aliphatic rings. The Balaban J connectivity index is 1.54. The number of nitrogens with one attached hydrogen (secondary N) is 1. The molecule has 0 bridgehead atoms. The zero-order chi connectivity index (χ0) is 15.4. The summed E-state index contributed by atoms with van der Waals surface area (Å²) in [6, 6.07) is 7.68. The molecule has 1 aromatic carbocycles. The van der Waals surface area contributed by atoms with Crippen LogP contribution in [0, 0.1) is 0 Å². The molecule has 6 heteroatoms. The van der Waals surface area contributed by atoms with Crippen molar-refractivity contribution in [2.24, 2.45) is 0 Å². The number of aromatic nitrogens is 2. The fourth-order valence-electron chi connectivity index (χ4n) is 2.45. The number of aliphatic hydroxyl groups is 1. The van der Waals surface area contributed by atoms with E-state index in [1.807, 2.05) is 35.1 Å². The number of benzene rings is 1. The van der Waals surface area contributed by atoms with Gasteiger partial charge in [-0.2, -0.15) is 5.10 Å². The van der Waals surface area contributed by atoms with Gasteiger partial charge in [0, 0.05) is 25.0 Å². The minimum Gasteiger partial charge on any atom is -0.486 e. The average molecular weight is 303 g/mol. The largest absolute Gasteiger partial charge is 0.486 e. The lowest BCUT2D eigenvalue weighted by molar-refractivity contribution is 0.160. The van der Waals surface area contributed by atoms with Crippen LogP contribution in [0.4, 0.5) is 0 Å². The predicted molar refractivity (Wildman–Crippen MR) is 82.1 cm³/mol. The van der Waals surface area contributed by atoms with E-state index in [2.05, 4.69) is 17.3 Å². The third kappa shape index (κ3) is 3.58. The van der Waals surface area contributed by atoms with Crippen LogP contribution in [0.25, 0.3) is 0 Å². The first kappa shape index (κ1) is 14.9. The van der Waals surface area contributed by atoms with Crippen molar-refractivity contribution in [2.75, 3.05) is 19.8 Å². The van der Waals surface area contributed by atoms with Crippen molar-refractivity contribution < 1.29 is 14.6 Å². The van der Waals surface area contributed by atoms with E-state index in [0.717, 1.165) is 17.9 Å². The number of aliphatic hydroxyl groups excluding tert-OH is 1. The van der Waals surface area contributed by atoms with Crippen LogP contribution in [0.3, 0.4) is 0 Å². The van der Waals surface area contributed by atoms with E-state index in [0.29, 0.717) is 25.5 Å². The fourth-order valence-corrected chi connectivity index (χ4v) is 2.45. The highest BCUT2D eigenvalue weighted by Crippen LogP contribution is 2.32. The minimum atomic E-state index is -0.587. The van der Waals surface area contributed by atoms with Gasteiger partial charge in [0.25, 0.3) is 0 Å². The summed E-state index contributed by atoms with van der Waals surface area (Å²) in [5.74, 6) is 1.44. The minimum absolute atomic E-state index is 0.215. The maximum atomic E-state index is 10.3. The molecule has 0 saturated heterocycles. The van der Waals surface area contributed by atoms with Gasteiger partial charge >= 0.3 is 0 Å². The summed E-state index contributed by atoms with van der Waals surface area (Å²) in [6.45, 7) is 4.42. The van der Waals surface area contributed by atoms with Crippen LogP contribution in [0.2, 0.25) is 0 Å². The molecule has 0 saturated carbocycles. The average Bonchev–Trinajstić information content (AvgIpc) is 3.05. The zero-order valence-corrected chi connectivity index (χ0v) is 12.6. The van der Waals surface area contributed by atoms with E-state index in [1.54, 1.807) is 6.20 Å². The number of nitrogens with zero attached hydrogens (tertiary/aromatic N) is 2. The van der Waals surface area contributed by atoms with Gasteiger partial charge in [0.05, 0.1) is 12.6 Å². The normalized spacial score (nSPS) is 16.3. The molecular formula is C16H21N3O3. The van der Waals surface area contributed by atoms with E-state index in [9.17, 15) is 5.11 Å². The predicted octanol–water partition coefficient (Wildman–Crippen LogP) is 1.37. The second kappa shape index (κ2) is 6.81. The Morgan fingerprint density at radius 1 is 1.32 bits per heavy atom. The molecule has 6 nitrogen and oxygen atoms in total. The summed E-state index contributed by atoms with van der Waals surface area (Å²) >= 11 is 0. The molecule has 0 radical (unpaired) electrons. The van der Waals surface area contributed by atoms with E-state index in [-0.39, 0.29) is 6.04 Å². The van der Waals surface area contributed by atoms with Crippen LogP contribution in [0.1, 0.15) is 18.6 Å². The van der Waals surface area contributed by atoms with Crippen LogP contribution in [0.15, 0.2) is 36.7 Å². The summed E-state index contributed by atoms with van der Waals surface area (Å²) in [4.78, 5) is 0. The molecule has 1 aliphatic heterocycles. The third-order valence-electron chi connectivity index (χ3n) is 3.63. The van der Waals surface area contributed by atoms with Gasteiger partial charge in [-0.1, -0.05) is 6.07 Å². The van der Waals surface area contributed by atoms with Gasteiger partial charge in [-0.05, 0) is 30.7 Å². The van der Waals surface area contributed by atoms with Crippen LogP contribution >= 0.6 is 0 Å². The molecule has 0 spiro atoms. The highest BCUT2D eigenvalue weighted by atomic mass is 16.6. The van der Waals surface area contributed by atoms with Gasteiger partial charge in [-0.15, -0.1) is 0 Å². The SMILES string of the molecule is C[C@H](Cn1cccn1)NC[C@@H](O)c1ccc2c(c1)OCCO2. The summed E-state index contributed by atoms with van der Waals surface area (Å²) < 4.78 is 12.9. The fraction of sp³-hybridized carbons (Fsp3) is 0.438. The first-order valence-electron chi connectivity index (χ1n) is 7.51. The number of ether oxygens (including phenoxy) is 2. The molecule has 3 rings (SSSR count). The molecule has 2 N–H and O–H groups in total. The standard InChI is InChI=1S/C16H21N3O3/c1-12(11-19-6-2-5-18-19)17-10-14(20)13-3-4-15-16(9-13)22-8-7-21-15/h2-6,9,12,14,17,20H,7-8,10-11H2,1H3/t12-,14-/m1/s1. The van der Waals surface area contributed by atoms with Crippen molar-refractivity contribution in [1.82, 2.24) is 15.1 Å². The van der Waals surface area contributed by atoms with E-state index >= 15 is 0 Å². The van der Waals surface area contributed by atoms with Crippen molar-refractivity contribution in [3.63, 3.8) is 0 Å². The van der Waals surface area contributed by atoms with Gasteiger partial charge in [0.1, 0.15) is 13.2 Å². The Hall–Kier alpha value is -2.05. The maximum Gasteiger partial charge on any atom is 0.161 e. The van der Waals surface area contributed by atoms with Crippen LogP contribution in [0.5, 0.6) is 11.5 Å². The summed E-state index contributed by atoms with van der Waals surface area (Å²) in [5.41, 5.74) is 0.822. The highest BCUT2D eigenvalue weighted by Gasteiger charge is 2.16. The van der Waals surface area contributed by atoms with E-state index < -0.39 is 6.10 Å². The molecule has 22 heavy (non-hydrogen) atoms. The number of hydrogen-bond acceptors (Lipinski definition) is 5. The van der Waals surface area contributed by atoms with Crippen LogP contribution < -0.4 is 14.8 Å². The zero-order valence-electron chi connectivity index (χ0n) is 12.6. The Morgan fingerprint density at radius 3 is 2.91 bits per heavy atom. The van der Waals surface area contributed by atoms with Gasteiger partial charge in [0.15, 0.2) is 11.5 Å². The summed E-state index contributed by atoms with van der Waals surface area (Å²) in [5, 5.41) is 17.8. The topological polar surface area (TPSA) is 68.5 Å². The van der Waals surface area contributed by atoms with Crippen molar-refractivity contribution in [2.45, 2.75) is 25.6 Å².